The van der Waals surface area contributed by atoms with Crippen molar-refractivity contribution in [1.29, 1.82) is 0 Å². The van der Waals surface area contributed by atoms with Crippen molar-refractivity contribution in [3.05, 3.63) is 18.7 Å². The van der Waals surface area contributed by atoms with Gasteiger partial charge in [0, 0.05) is 0 Å². The molecule has 0 saturated carbocycles. The standard InChI is InChI=1S/C8H5N5OS/c9-8-12-5-2-10-4(1-6(5)15-8)7-11-3-14-13-7/h1-3H,(H2,9,12). The summed E-state index contributed by atoms with van der Waals surface area (Å²) in [5.41, 5.74) is 7.02. The number of nitrogens with two attached hydrogens (primary N) is 1. The molecule has 2 N–H and O–H groups in total. The number of pyridine rings is 1. The maximum Gasteiger partial charge on any atom is 0.220 e. The van der Waals surface area contributed by atoms with Crippen LogP contribution in [0.4, 0.5) is 5.13 Å². The zero-order valence-corrected chi connectivity index (χ0v) is 8.23. The van der Waals surface area contributed by atoms with Gasteiger partial charge in [0.2, 0.25) is 12.2 Å². The molecule has 0 atom stereocenters. The van der Waals surface area contributed by atoms with E-state index < -0.39 is 0 Å². The van der Waals surface area contributed by atoms with Crippen LogP contribution in [0.2, 0.25) is 0 Å². The Morgan fingerprint density at radius 1 is 1.33 bits per heavy atom. The molecule has 0 fully saturated rings. The second-order valence-corrected chi connectivity index (χ2v) is 3.91. The molecule has 3 rings (SSSR count). The maximum absolute atomic E-state index is 5.59. The second-order valence-electron chi connectivity index (χ2n) is 2.84. The minimum Gasteiger partial charge on any atom is -0.375 e. The van der Waals surface area contributed by atoms with E-state index in [1.807, 2.05) is 6.07 Å². The Balaban J connectivity index is 2.21. The molecule has 15 heavy (non-hydrogen) atoms. The summed E-state index contributed by atoms with van der Waals surface area (Å²) in [7, 11) is 0. The summed E-state index contributed by atoms with van der Waals surface area (Å²) in [5.74, 6) is 0.462. The van der Waals surface area contributed by atoms with Gasteiger partial charge in [-0.1, -0.05) is 16.5 Å². The van der Waals surface area contributed by atoms with Gasteiger partial charge in [0.15, 0.2) is 5.13 Å². The summed E-state index contributed by atoms with van der Waals surface area (Å²) in [4.78, 5) is 12.2. The van der Waals surface area contributed by atoms with Crippen LogP contribution in [-0.4, -0.2) is 20.1 Å². The Kier molecular flexibility index (Phi) is 1.65. The molecule has 7 heteroatoms. The first-order valence-corrected chi connectivity index (χ1v) is 4.93. The topological polar surface area (TPSA) is 90.7 Å². The molecule has 74 valence electrons. The van der Waals surface area contributed by atoms with E-state index in [1.165, 1.54) is 17.7 Å². The van der Waals surface area contributed by atoms with Crippen molar-refractivity contribution in [2.75, 3.05) is 5.73 Å². The van der Waals surface area contributed by atoms with Crippen LogP contribution < -0.4 is 5.73 Å². The number of hydrogen-bond donors (Lipinski definition) is 1. The van der Waals surface area contributed by atoms with Crippen LogP contribution in [0.5, 0.6) is 0 Å². The molecule has 3 aromatic rings. The first-order valence-electron chi connectivity index (χ1n) is 4.12. The minimum atomic E-state index is 0.462. The highest BCUT2D eigenvalue weighted by atomic mass is 32.1. The Labute approximate surface area is 87.8 Å². The molecule has 0 spiro atoms. The van der Waals surface area contributed by atoms with Gasteiger partial charge in [0.1, 0.15) is 11.2 Å². The fourth-order valence-electron chi connectivity index (χ4n) is 1.26. The number of fused-ring (bicyclic) bond motifs is 1. The Bertz CT molecular complexity index is 603. The van der Waals surface area contributed by atoms with Gasteiger partial charge in [-0.05, 0) is 6.07 Å². The summed E-state index contributed by atoms with van der Waals surface area (Å²) in [6.45, 7) is 0. The number of nitrogen functional groups attached to an aromatic ring is 1. The minimum absolute atomic E-state index is 0.462. The third-order valence-corrected chi connectivity index (χ3v) is 2.73. The first-order chi connectivity index (χ1) is 7.33. The maximum atomic E-state index is 5.59. The molecule has 0 aromatic carbocycles. The highest BCUT2D eigenvalue weighted by Gasteiger charge is 2.08. The summed E-state index contributed by atoms with van der Waals surface area (Å²) in [5, 5.41) is 4.23. The van der Waals surface area contributed by atoms with Gasteiger partial charge in [-0.3, -0.25) is 4.98 Å². The van der Waals surface area contributed by atoms with Crippen molar-refractivity contribution >= 4 is 26.7 Å². The lowest BCUT2D eigenvalue weighted by Gasteiger charge is -1.91. The largest absolute Gasteiger partial charge is 0.375 e. The summed E-state index contributed by atoms with van der Waals surface area (Å²) >= 11 is 1.40. The van der Waals surface area contributed by atoms with Crippen LogP contribution in [-0.2, 0) is 0 Å². The molecule has 0 aliphatic carbocycles. The quantitative estimate of drug-likeness (QED) is 0.663. The normalized spacial score (nSPS) is 10.9. The molecule has 0 saturated heterocycles. The van der Waals surface area contributed by atoms with E-state index >= 15 is 0 Å². The Morgan fingerprint density at radius 2 is 2.27 bits per heavy atom. The molecular formula is C8H5N5OS. The van der Waals surface area contributed by atoms with E-state index in [1.54, 1.807) is 6.20 Å². The SMILES string of the molecule is Nc1nc2cnc(-c3ncon3)cc2s1. The average Bonchev–Trinajstić information content (AvgIpc) is 2.82. The number of nitrogens with zero attached hydrogens (tertiary/aromatic N) is 4. The van der Waals surface area contributed by atoms with Gasteiger partial charge in [0.05, 0.1) is 10.9 Å². The Morgan fingerprint density at radius 3 is 3.07 bits per heavy atom. The van der Waals surface area contributed by atoms with Crippen molar-refractivity contribution in [2.24, 2.45) is 0 Å². The number of anilines is 1. The second kappa shape index (κ2) is 2.99. The van der Waals surface area contributed by atoms with E-state index in [4.69, 9.17) is 5.73 Å². The van der Waals surface area contributed by atoms with E-state index in [-0.39, 0.29) is 0 Å². The van der Waals surface area contributed by atoms with Crippen molar-refractivity contribution in [1.82, 2.24) is 20.1 Å². The molecular weight excluding hydrogens is 214 g/mol. The van der Waals surface area contributed by atoms with E-state index in [0.717, 1.165) is 10.2 Å². The zero-order valence-electron chi connectivity index (χ0n) is 7.41. The van der Waals surface area contributed by atoms with Gasteiger partial charge >= 0.3 is 0 Å². The van der Waals surface area contributed by atoms with Crippen molar-refractivity contribution in [3.63, 3.8) is 0 Å². The molecule has 0 aliphatic rings. The van der Waals surface area contributed by atoms with Crippen molar-refractivity contribution < 1.29 is 4.52 Å². The summed E-state index contributed by atoms with van der Waals surface area (Å²) < 4.78 is 5.61. The predicted molar refractivity (Wildman–Crippen MR) is 55.1 cm³/mol. The van der Waals surface area contributed by atoms with Gasteiger partial charge in [-0.2, -0.15) is 4.98 Å². The number of thiazole rings is 1. The molecule has 0 aliphatic heterocycles. The third-order valence-electron chi connectivity index (χ3n) is 1.88. The van der Waals surface area contributed by atoms with Gasteiger partial charge in [-0.15, -0.1) is 0 Å². The molecule has 3 heterocycles. The van der Waals surface area contributed by atoms with Crippen LogP contribution in [0.25, 0.3) is 21.7 Å². The van der Waals surface area contributed by atoms with Gasteiger partial charge < -0.3 is 10.3 Å². The number of rotatable bonds is 1. The first kappa shape index (κ1) is 8.30. The van der Waals surface area contributed by atoms with Crippen LogP contribution in [0.15, 0.2) is 23.2 Å². The molecule has 0 bridgehead atoms. The van der Waals surface area contributed by atoms with Gasteiger partial charge in [0.25, 0.3) is 0 Å². The Hall–Kier alpha value is -2.02. The smallest absolute Gasteiger partial charge is 0.220 e. The monoisotopic (exact) mass is 219 g/mol. The number of aromatic nitrogens is 4. The molecule has 0 radical (unpaired) electrons. The molecule has 3 aromatic heterocycles. The van der Waals surface area contributed by atoms with Crippen LogP contribution >= 0.6 is 11.3 Å². The molecule has 0 amide bonds. The fourth-order valence-corrected chi connectivity index (χ4v) is 2.00. The zero-order chi connectivity index (χ0) is 10.3. The lowest BCUT2D eigenvalue weighted by atomic mass is 10.3. The predicted octanol–water partition coefficient (Wildman–Crippen LogP) is 1.32. The number of hydrogen-bond acceptors (Lipinski definition) is 7. The van der Waals surface area contributed by atoms with Crippen LogP contribution in [0, 0.1) is 0 Å². The summed E-state index contributed by atoms with van der Waals surface area (Å²) in [6.07, 6.45) is 2.91. The fraction of sp³-hybridized carbons (Fsp3) is 0. The van der Waals surface area contributed by atoms with Gasteiger partial charge in [-0.25, -0.2) is 4.98 Å². The highest BCUT2D eigenvalue weighted by Crippen LogP contribution is 2.25. The lowest BCUT2D eigenvalue weighted by Crippen LogP contribution is -1.84. The van der Waals surface area contributed by atoms with Crippen molar-refractivity contribution in [3.8, 4) is 11.5 Å². The third kappa shape index (κ3) is 1.33. The van der Waals surface area contributed by atoms with E-state index in [2.05, 4.69) is 24.6 Å². The van der Waals surface area contributed by atoms with E-state index in [0.29, 0.717) is 16.6 Å². The van der Waals surface area contributed by atoms with E-state index in [9.17, 15) is 0 Å². The lowest BCUT2D eigenvalue weighted by molar-refractivity contribution is 0.418. The molecule has 0 unspecified atom stereocenters. The van der Waals surface area contributed by atoms with Crippen LogP contribution in [0.1, 0.15) is 0 Å². The van der Waals surface area contributed by atoms with Crippen LogP contribution in [0.3, 0.4) is 0 Å². The molecule has 6 nitrogen and oxygen atoms in total. The highest BCUT2D eigenvalue weighted by molar-refractivity contribution is 7.22. The van der Waals surface area contributed by atoms with Crippen molar-refractivity contribution in [2.45, 2.75) is 0 Å². The summed E-state index contributed by atoms with van der Waals surface area (Å²) in [6, 6.07) is 1.84. The average molecular weight is 219 g/mol.